The molecule has 2 saturated heterocycles. The van der Waals surface area contributed by atoms with Gasteiger partial charge in [0.1, 0.15) is 23.3 Å². The van der Waals surface area contributed by atoms with Crippen molar-refractivity contribution in [3.8, 4) is 11.6 Å². The molecule has 0 radical (unpaired) electrons. The van der Waals surface area contributed by atoms with Gasteiger partial charge in [-0.3, -0.25) is 0 Å². The highest BCUT2D eigenvalue weighted by molar-refractivity contribution is 5.85. The third-order valence-electron chi connectivity index (χ3n) is 6.51. The van der Waals surface area contributed by atoms with Gasteiger partial charge in [-0.15, -0.1) is 0 Å². The summed E-state index contributed by atoms with van der Waals surface area (Å²) in [4.78, 5) is 21.1. The maximum atomic E-state index is 12.3. The van der Waals surface area contributed by atoms with Crippen LogP contribution in [-0.2, 0) is 4.74 Å². The third kappa shape index (κ3) is 4.98. The number of carbonyl (C=O) groups is 1. The summed E-state index contributed by atoms with van der Waals surface area (Å²) in [6, 6.07) is 12.8. The van der Waals surface area contributed by atoms with E-state index in [0.29, 0.717) is 13.1 Å². The van der Waals surface area contributed by atoms with E-state index in [1.165, 1.54) is 23.9 Å². The van der Waals surface area contributed by atoms with Crippen molar-refractivity contribution in [1.29, 1.82) is 0 Å². The zero-order valence-electron chi connectivity index (χ0n) is 20.4. The summed E-state index contributed by atoms with van der Waals surface area (Å²) >= 11 is 0. The maximum Gasteiger partial charge on any atom is 0.410 e. The number of pyridine rings is 1. The van der Waals surface area contributed by atoms with Gasteiger partial charge in [0.25, 0.3) is 0 Å². The zero-order valence-corrected chi connectivity index (χ0v) is 20.4. The molecule has 2 aliphatic heterocycles. The molecule has 4 heterocycles. The van der Waals surface area contributed by atoms with E-state index in [4.69, 9.17) is 9.47 Å². The van der Waals surface area contributed by atoms with Gasteiger partial charge in [0.05, 0.1) is 11.7 Å². The van der Waals surface area contributed by atoms with Crippen LogP contribution in [0.15, 0.2) is 48.8 Å². The molecule has 7 heteroatoms. The fourth-order valence-corrected chi connectivity index (χ4v) is 4.76. The van der Waals surface area contributed by atoms with E-state index >= 15 is 0 Å². The Kier molecular flexibility index (Phi) is 6.11. The number of carbonyl (C=O) groups excluding carboxylic acids is 1. The molecule has 0 aliphatic carbocycles. The topological polar surface area (TPSA) is 59.8 Å². The Morgan fingerprint density at radius 1 is 1.00 bits per heavy atom. The highest BCUT2D eigenvalue weighted by atomic mass is 16.6. The van der Waals surface area contributed by atoms with Gasteiger partial charge in [0.2, 0.25) is 0 Å². The summed E-state index contributed by atoms with van der Waals surface area (Å²) < 4.78 is 13.8. The van der Waals surface area contributed by atoms with Gasteiger partial charge in [0, 0.05) is 56.3 Å². The predicted octanol–water partition coefficient (Wildman–Crippen LogP) is 5.40. The van der Waals surface area contributed by atoms with E-state index in [9.17, 15) is 4.79 Å². The molecule has 7 nitrogen and oxygen atoms in total. The quantitative estimate of drug-likeness (QED) is 0.519. The van der Waals surface area contributed by atoms with Crippen LogP contribution in [0.25, 0.3) is 16.7 Å². The molecule has 0 unspecified atom stereocenters. The Balaban J connectivity index is 1.20. The fraction of sp³-hybridized carbons (Fsp3) is 0.481. The Labute approximate surface area is 201 Å². The number of rotatable bonds is 4. The molecule has 2 aromatic heterocycles. The number of aromatic nitrogens is 2. The monoisotopic (exact) mass is 462 g/mol. The number of amides is 1. The van der Waals surface area contributed by atoms with Crippen molar-refractivity contribution in [2.24, 2.45) is 0 Å². The summed E-state index contributed by atoms with van der Waals surface area (Å²) in [6.07, 6.45) is 7.81. The molecule has 0 spiro atoms. The number of piperidine rings is 1. The van der Waals surface area contributed by atoms with Gasteiger partial charge < -0.3 is 23.8 Å². The molecule has 5 rings (SSSR count). The first-order chi connectivity index (χ1) is 16.4. The second-order valence-electron chi connectivity index (χ2n) is 10.3. The van der Waals surface area contributed by atoms with Crippen LogP contribution >= 0.6 is 0 Å². The number of anilines is 1. The smallest absolute Gasteiger partial charge is 0.410 e. The summed E-state index contributed by atoms with van der Waals surface area (Å²) in [5.41, 5.74) is 1.98. The van der Waals surface area contributed by atoms with Crippen LogP contribution in [0.2, 0.25) is 0 Å². The number of ether oxygens (including phenoxy) is 2. The molecule has 1 aromatic carbocycles. The Morgan fingerprint density at radius 2 is 1.76 bits per heavy atom. The Hall–Kier alpha value is -3.22. The maximum absolute atomic E-state index is 12.3. The van der Waals surface area contributed by atoms with Crippen molar-refractivity contribution < 1.29 is 14.3 Å². The second kappa shape index (κ2) is 9.20. The molecule has 0 N–H and O–H groups in total. The van der Waals surface area contributed by atoms with Crippen LogP contribution < -0.4 is 9.64 Å². The average Bonchev–Trinajstić information content (AvgIpc) is 3.49. The number of fused-ring (bicyclic) bond motifs is 1. The molecule has 2 aliphatic rings. The molecule has 2 fully saturated rings. The molecule has 0 bridgehead atoms. The predicted molar refractivity (Wildman–Crippen MR) is 134 cm³/mol. The van der Waals surface area contributed by atoms with Crippen LogP contribution in [0.5, 0.6) is 5.75 Å². The first kappa shape index (κ1) is 22.6. The minimum Gasteiger partial charge on any atom is -0.489 e. The number of nitrogens with zero attached hydrogens (tertiary/aromatic N) is 4. The van der Waals surface area contributed by atoms with Crippen LogP contribution in [-0.4, -0.2) is 58.4 Å². The molecule has 180 valence electrons. The van der Waals surface area contributed by atoms with Gasteiger partial charge >= 0.3 is 6.09 Å². The Morgan fingerprint density at radius 3 is 2.44 bits per heavy atom. The highest BCUT2D eigenvalue weighted by Gasteiger charge is 2.27. The second-order valence-corrected chi connectivity index (χ2v) is 10.3. The molecule has 0 atom stereocenters. The molecule has 34 heavy (non-hydrogen) atoms. The number of hydrogen-bond donors (Lipinski definition) is 0. The van der Waals surface area contributed by atoms with Crippen LogP contribution in [0.3, 0.4) is 0 Å². The largest absolute Gasteiger partial charge is 0.489 e. The van der Waals surface area contributed by atoms with Gasteiger partial charge in [-0.25, -0.2) is 9.78 Å². The van der Waals surface area contributed by atoms with E-state index < -0.39 is 5.60 Å². The highest BCUT2D eigenvalue weighted by Crippen LogP contribution is 2.28. The van der Waals surface area contributed by atoms with Crippen molar-refractivity contribution in [2.75, 3.05) is 31.1 Å². The fourth-order valence-electron chi connectivity index (χ4n) is 4.76. The molecular weight excluding hydrogens is 428 g/mol. The first-order valence-corrected chi connectivity index (χ1v) is 12.3. The summed E-state index contributed by atoms with van der Waals surface area (Å²) in [6.45, 7) is 9.24. The minimum absolute atomic E-state index is 0.0720. The zero-order chi connectivity index (χ0) is 23.7. The van der Waals surface area contributed by atoms with E-state index in [2.05, 4.69) is 44.9 Å². The molecular formula is C27H34N4O3. The lowest BCUT2D eigenvalue weighted by atomic mass is 10.1. The summed E-state index contributed by atoms with van der Waals surface area (Å²) in [5.74, 6) is 1.63. The van der Waals surface area contributed by atoms with Crippen molar-refractivity contribution in [1.82, 2.24) is 14.5 Å². The van der Waals surface area contributed by atoms with E-state index in [1.807, 2.05) is 32.9 Å². The first-order valence-electron chi connectivity index (χ1n) is 12.3. The number of benzene rings is 1. The normalized spacial score (nSPS) is 17.4. The van der Waals surface area contributed by atoms with Gasteiger partial charge in [-0.2, -0.15) is 0 Å². The average molecular weight is 463 g/mol. The van der Waals surface area contributed by atoms with Crippen molar-refractivity contribution in [3.05, 3.63) is 48.8 Å². The van der Waals surface area contributed by atoms with Crippen LogP contribution in [0.4, 0.5) is 10.5 Å². The summed E-state index contributed by atoms with van der Waals surface area (Å²) in [5, 5.41) is 1.23. The number of hydrogen-bond acceptors (Lipinski definition) is 5. The van der Waals surface area contributed by atoms with Crippen LogP contribution in [0.1, 0.15) is 46.5 Å². The van der Waals surface area contributed by atoms with E-state index in [0.717, 1.165) is 43.0 Å². The SMILES string of the molecule is CC(C)(C)OC(=O)N1CCC(Oc2ccc(-n3ccc4cc(N5CCCC5)ccc43)nc2)CC1. The van der Waals surface area contributed by atoms with Crippen molar-refractivity contribution in [3.63, 3.8) is 0 Å². The summed E-state index contributed by atoms with van der Waals surface area (Å²) in [7, 11) is 0. The molecule has 1 amide bonds. The lowest BCUT2D eigenvalue weighted by Gasteiger charge is -2.33. The van der Waals surface area contributed by atoms with E-state index in [1.54, 1.807) is 11.1 Å². The Bertz CT molecular complexity index is 1130. The van der Waals surface area contributed by atoms with Gasteiger partial charge in [-0.1, -0.05) is 0 Å². The van der Waals surface area contributed by atoms with Crippen molar-refractivity contribution in [2.45, 2.75) is 58.2 Å². The van der Waals surface area contributed by atoms with Crippen molar-refractivity contribution >= 4 is 22.7 Å². The number of likely N-dealkylation sites (tertiary alicyclic amines) is 1. The molecule has 3 aromatic rings. The van der Waals surface area contributed by atoms with E-state index in [-0.39, 0.29) is 12.2 Å². The van der Waals surface area contributed by atoms with Gasteiger partial charge in [0.15, 0.2) is 0 Å². The lowest BCUT2D eigenvalue weighted by molar-refractivity contribution is 0.0126. The third-order valence-corrected chi connectivity index (χ3v) is 6.51. The lowest BCUT2D eigenvalue weighted by Crippen LogP contribution is -2.44. The standard InChI is InChI=1S/C27H34N4O3/c1-27(2,3)34-26(32)30-15-11-22(12-16-30)33-23-7-9-25(28-19-23)31-17-10-20-18-21(6-8-24(20)31)29-13-4-5-14-29/h6-10,17-19,22H,4-5,11-16H2,1-3H3. The molecule has 0 saturated carbocycles. The van der Waals surface area contributed by atoms with Crippen LogP contribution in [0, 0.1) is 0 Å². The minimum atomic E-state index is -0.473. The van der Waals surface area contributed by atoms with Gasteiger partial charge in [-0.05, 0) is 70.0 Å².